The number of nitriles is 1. The first-order valence-electron chi connectivity index (χ1n) is 11.0. The molecular weight excluding hydrogens is 428 g/mol. The van der Waals surface area contributed by atoms with Crippen molar-refractivity contribution in [3.8, 4) is 17.2 Å². The molecule has 1 amide bonds. The Morgan fingerprint density at radius 1 is 1.12 bits per heavy atom. The third kappa shape index (κ3) is 4.92. The van der Waals surface area contributed by atoms with Crippen molar-refractivity contribution in [3.05, 3.63) is 94.0 Å². The van der Waals surface area contributed by atoms with Crippen LogP contribution in [0.5, 0.6) is 0 Å². The van der Waals surface area contributed by atoms with E-state index in [0.717, 1.165) is 33.3 Å². The summed E-state index contributed by atoms with van der Waals surface area (Å²) in [5.41, 5.74) is 12.3. The van der Waals surface area contributed by atoms with Gasteiger partial charge in [0.1, 0.15) is 6.04 Å². The Morgan fingerprint density at radius 2 is 1.82 bits per heavy atom. The van der Waals surface area contributed by atoms with Crippen molar-refractivity contribution in [2.45, 2.75) is 31.8 Å². The number of oxazole rings is 1. The number of fused-ring (bicyclic) bond motifs is 1. The van der Waals surface area contributed by atoms with Gasteiger partial charge < -0.3 is 15.5 Å². The molecule has 2 atom stereocenters. The number of aromatic nitrogens is 1. The monoisotopic (exact) mass is 454 g/mol. The maximum atomic E-state index is 12.5. The molecule has 1 aromatic heterocycles. The number of hydrogen-bond acceptors (Lipinski definition) is 5. The topological polar surface area (TPSA) is 114 Å². The van der Waals surface area contributed by atoms with Gasteiger partial charge in [-0.25, -0.2) is 4.79 Å². The van der Waals surface area contributed by atoms with Gasteiger partial charge in [0, 0.05) is 25.9 Å². The van der Waals surface area contributed by atoms with Crippen LogP contribution >= 0.6 is 0 Å². The van der Waals surface area contributed by atoms with Gasteiger partial charge in [0.2, 0.25) is 5.91 Å². The lowest BCUT2D eigenvalue weighted by Crippen LogP contribution is -2.37. The predicted octanol–water partition coefficient (Wildman–Crippen LogP) is 3.75. The Kier molecular flexibility index (Phi) is 6.62. The van der Waals surface area contributed by atoms with Crippen LogP contribution in [-0.4, -0.2) is 16.5 Å². The van der Waals surface area contributed by atoms with E-state index in [2.05, 4.69) is 11.4 Å². The number of nitrogens with zero attached hydrogens (tertiary/aromatic N) is 2. The highest BCUT2D eigenvalue weighted by molar-refractivity contribution is 5.80. The molecule has 3 aromatic carbocycles. The van der Waals surface area contributed by atoms with Crippen molar-refractivity contribution < 1.29 is 9.21 Å². The summed E-state index contributed by atoms with van der Waals surface area (Å²) in [6, 6.07) is 22.2. The summed E-state index contributed by atoms with van der Waals surface area (Å²) in [4.78, 5) is 24.2. The van der Waals surface area contributed by atoms with E-state index in [1.54, 1.807) is 13.1 Å². The number of carbonyl (C=O) groups is 1. The third-order valence-corrected chi connectivity index (χ3v) is 6.00. The summed E-state index contributed by atoms with van der Waals surface area (Å²) in [7, 11) is 1.67. The van der Waals surface area contributed by atoms with Crippen LogP contribution in [-0.2, 0) is 18.3 Å². The van der Waals surface area contributed by atoms with Crippen molar-refractivity contribution in [2.24, 2.45) is 12.8 Å². The van der Waals surface area contributed by atoms with E-state index in [-0.39, 0.29) is 12.3 Å². The molecule has 0 fully saturated rings. The summed E-state index contributed by atoms with van der Waals surface area (Å²) in [5, 5.41) is 12.3. The third-order valence-electron chi connectivity index (χ3n) is 6.00. The first-order chi connectivity index (χ1) is 16.4. The van der Waals surface area contributed by atoms with Crippen LogP contribution in [0.1, 0.15) is 29.2 Å². The molecule has 0 radical (unpaired) electrons. The molecule has 0 aliphatic heterocycles. The van der Waals surface area contributed by atoms with E-state index >= 15 is 0 Å². The van der Waals surface area contributed by atoms with Crippen molar-refractivity contribution in [1.29, 1.82) is 5.26 Å². The first kappa shape index (κ1) is 23.0. The SMILES string of the molecule is Cc1ccccc1[C@@H](N)CC(=O)N[C@H](C#N)Cc1ccc(-c2ccc3oc(=O)n(C)c3c2)cc1. The van der Waals surface area contributed by atoms with E-state index in [0.29, 0.717) is 12.0 Å². The van der Waals surface area contributed by atoms with Crippen LogP contribution in [0.3, 0.4) is 0 Å². The molecule has 7 heteroatoms. The molecule has 3 N–H and O–H groups in total. The normalized spacial score (nSPS) is 12.8. The fourth-order valence-corrected chi connectivity index (χ4v) is 4.07. The number of nitrogens with one attached hydrogen (secondary N) is 1. The van der Waals surface area contributed by atoms with Crippen molar-refractivity contribution in [3.63, 3.8) is 0 Å². The van der Waals surface area contributed by atoms with Crippen molar-refractivity contribution >= 4 is 17.0 Å². The number of rotatable bonds is 7. The molecule has 0 saturated heterocycles. The lowest BCUT2D eigenvalue weighted by Gasteiger charge is -2.17. The maximum absolute atomic E-state index is 12.5. The van der Waals surface area contributed by atoms with Gasteiger partial charge >= 0.3 is 5.76 Å². The second-order valence-electron chi connectivity index (χ2n) is 8.43. The van der Waals surface area contributed by atoms with Gasteiger partial charge in [-0.05, 0) is 46.9 Å². The Hall–Kier alpha value is -4.15. The molecule has 0 unspecified atom stereocenters. The summed E-state index contributed by atoms with van der Waals surface area (Å²) in [5.74, 6) is -0.648. The number of aryl methyl sites for hydroxylation is 2. The van der Waals surface area contributed by atoms with Crippen LogP contribution in [0, 0.1) is 18.3 Å². The van der Waals surface area contributed by atoms with Gasteiger partial charge in [-0.1, -0.05) is 54.6 Å². The van der Waals surface area contributed by atoms with Crippen LogP contribution in [0.15, 0.2) is 75.9 Å². The maximum Gasteiger partial charge on any atom is 0.419 e. The molecule has 0 spiro atoms. The van der Waals surface area contributed by atoms with E-state index in [1.807, 2.05) is 67.6 Å². The number of carbonyl (C=O) groups excluding carboxylic acids is 1. The largest absolute Gasteiger partial charge is 0.419 e. The van der Waals surface area contributed by atoms with Gasteiger partial charge in [-0.15, -0.1) is 0 Å². The van der Waals surface area contributed by atoms with E-state index < -0.39 is 17.8 Å². The molecule has 4 rings (SSSR count). The van der Waals surface area contributed by atoms with E-state index in [1.165, 1.54) is 4.57 Å². The Bertz CT molecular complexity index is 1430. The van der Waals surface area contributed by atoms with Gasteiger partial charge in [0.05, 0.1) is 11.6 Å². The predicted molar refractivity (Wildman–Crippen MR) is 131 cm³/mol. The minimum Gasteiger partial charge on any atom is -0.408 e. The number of hydrogen-bond donors (Lipinski definition) is 2. The first-order valence-corrected chi connectivity index (χ1v) is 11.0. The molecule has 172 valence electrons. The van der Waals surface area contributed by atoms with Crippen LogP contribution in [0.25, 0.3) is 22.2 Å². The van der Waals surface area contributed by atoms with E-state index in [4.69, 9.17) is 10.2 Å². The Morgan fingerprint density at radius 3 is 2.53 bits per heavy atom. The standard InChI is InChI=1S/C27H26N4O3/c1-17-5-3-4-6-22(17)23(29)15-26(32)30-21(16-28)13-18-7-9-19(10-8-18)20-11-12-25-24(14-20)31(2)27(33)34-25/h3-12,14,21,23H,13,15,29H2,1-2H3,(H,30,32)/t21-,23-/m0/s1. The molecular formula is C27H26N4O3. The van der Waals surface area contributed by atoms with Crippen LogP contribution < -0.4 is 16.8 Å². The minimum absolute atomic E-state index is 0.112. The molecule has 0 saturated carbocycles. The second kappa shape index (κ2) is 9.77. The summed E-state index contributed by atoms with van der Waals surface area (Å²) < 4.78 is 6.66. The smallest absolute Gasteiger partial charge is 0.408 e. The molecule has 34 heavy (non-hydrogen) atoms. The summed E-state index contributed by atoms with van der Waals surface area (Å²) >= 11 is 0. The highest BCUT2D eigenvalue weighted by Gasteiger charge is 2.17. The minimum atomic E-state index is -0.653. The molecule has 1 heterocycles. The second-order valence-corrected chi connectivity index (χ2v) is 8.43. The lowest BCUT2D eigenvalue weighted by atomic mass is 9.98. The van der Waals surface area contributed by atoms with E-state index in [9.17, 15) is 14.9 Å². The lowest BCUT2D eigenvalue weighted by molar-refractivity contribution is -0.121. The fourth-order valence-electron chi connectivity index (χ4n) is 4.07. The zero-order valence-electron chi connectivity index (χ0n) is 19.1. The van der Waals surface area contributed by atoms with Gasteiger partial charge in [0.25, 0.3) is 0 Å². The number of nitrogens with two attached hydrogens (primary N) is 1. The van der Waals surface area contributed by atoms with Crippen LogP contribution in [0.2, 0.25) is 0 Å². The quantitative estimate of drug-likeness (QED) is 0.441. The highest BCUT2D eigenvalue weighted by Crippen LogP contribution is 2.24. The Labute approximate surface area is 197 Å². The average molecular weight is 455 g/mol. The Balaban J connectivity index is 1.40. The van der Waals surface area contributed by atoms with Crippen LogP contribution in [0.4, 0.5) is 0 Å². The number of benzene rings is 3. The van der Waals surface area contributed by atoms with Crippen molar-refractivity contribution in [2.75, 3.05) is 0 Å². The average Bonchev–Trinajstić information content (AvgIpc) is 3.12. The molecule has 0 aliphatic rings. The summed E-state index contributed by atoms with van der Waals surface area (Å²) in [6.45, 7) is 1.96. The molecule has 7 nitrogen and oxygen atoms in total. The highest BCUT2D eigenvalue weighted by atomic mass is 16.4. The van der Waals surface area contributed by atoms with Gasteiger partial charge in [-0.2, -0.15) is 5.26 Å². The number of amides is 1. The van der Waals surface area contributed by atoms with Gasteiger partial charge in [0.15, 0.2) is 5.58 Å². The summed E-state index contributed by atoms with van der Waals surface area (Å²) in [6.07, 6.45) is 0.498. The zero-order chi connectivity index (χ0) is 24.2. The molecule has 0 aliphatic carbocycles. The van der Waals surface area contributed by atoms with Crippen molar-refractivity contribution in [1.82, 2.24) is 9.88 Å². The fraction of sp³-hybridized carbons (Fsp3) is 0.222. The molecule has 4 aromatic rings. The molecule has 0 bridgehead atoms. The zero-order valence-corrected chi connectivity index (χ0v) is 19.1. The van der Waals surface area contributed by atoms with Gasteiger partial charge in [-0.3, -0.25) is 9.36 Å².